The summed E-state index contributed by atoms with van der Waals surface area (Å²) in [5.74, 6) is -5.03. The lowest BCUT2D eigenvalue weighted by molar-refractivity contribution is -0.147. The smallest absolute Gasteiger partial charge is 0.326 e. The summed E-state index contributed by atoms with van der Waals surface area (Å²) in [6.07, 6.45) is 2.14. The van der Waals surface area contributed by atoms with Gasteiger partial charge in [0.1, 0.15) is 18.1 Å². The second-order valence-corrected chi connectivity index (χ2v) is 7.29. The highest BCUT2D eigenvalue weighted by Crippen LogP contribution is 2.07. The molecule has 1 aromatic heterocycles. The number of imidazole rings is 1. The van der Waals surface area contributed by atoms with E-state index < -0.39 is 54.2 Å². The van der Waals surface area contributed by atoms with Gasteiger partial charge in [-0.2, -0.15) is 0 Å². The summed E-state index contributed by atoms with van der Waals surface area (Å²) in [6, 6.07) is -3.91. The molecule has 0 aliphatic carbocycles. The van der Waals surface area contributed by atoms with E-state index in [2.05, 4.69) is 25.9 Å². The van der Waals surface area contributed by atoms with Crippen molar-refractivity contribution in [1.82, 2.24) is 25.9 Å². The first-order chi connectivity index (χ1) is 14.5. The summed E-state index contributed by atoms with van der Waals surface area (Å²) >= 11 is 0. The molecule has 0 aromatic carbocycles. The predicted octanol–water partition coefficient (Wildman–Crippen LogP) is -2.03. The van der Waals surface area contributed by atoms with E-state index >= 15 is 0 Å². The molecule has 0 fully saturated rings. The Labute approximate surface area is 178 Å². The van der Waals surface area contributed by atoms with Gasteiger partial charge in [-0.1, -0.05) is 13.8 Å². The molecule has 0 aliphatic heterocycles. The molecule has 0 radical (unpaired) electrons. The molecule has 0 bridgehead atoms. The van der Waals surface area contributed by atoms with Crippen molar-refractivity contribution in [1.29, 1.82) is 0 Å². The Hall–Kier alpha value is -3.48. The maximum Gasteiger partial charge on any atom is 0.326 e. The van der Waals surface area contributed by atoms with Crippen molar-refractivity contribution in [2.75, 3.05) is 6.54 Å². The Balaban J connectivity index is 3.03. The predicted molar refractivity (Wildman–Crippen MR) is 106 cm³/mol. The summed E-state index contributed by atoms with van der Waals surface area (Å²) in [5.41, 5.74) is 5.76. The van der Waals surface area contributed by atoms with Gasteiger partial charge in [0.15, 0.2) is 0 Å². The van der Waals surface area contributed by atoms with Crippen LogP contribution >= 0.6 is 0 Å². The number of carboxylic acids is 2. The number of carbonyl (C=O) groups excluding carboxylic acids is 3. The van der Waals surface area contributed by atoms with Gasteiger partial charge in [-0.05, 0) is 12.3 Å². The first kappa shape index (κ1) is 25.6. The van der Waals surface area contributed by atoms with Crippen molar-refractivity contribution < 1.29 is 34.2 Å². The van der Waals surface area contributed by atoms with Gasteiger partial charge in [-0.25, -0.2) is 9.78 Å². The average Bonchev–Trinajstić information content (AvgIpc) is 3.18. The normalized spacial score (nSPS) is 13.7. The minimum absolute atomic E-state index is 0.0284. The number of hydrogen-bond donors (Lipinski definition) is 7. The van der Waals surface area contributed by atoms with Gasteiger partial charge in [-0.15, -0.1) is 0 Å². The van der Waals surface area contributed by atoms with E-state index in [1.807, 2.05) is 13.8 Å². The van der Waals surface area contributed by atoms with Crippen LogP contribution in [0.15, 0.2) is 12.5 Å². The van der Waals surface area contributed by atoms with Gasteiger partial charge in [-0.3, -0.25) is 19.2 Å². The lowest BCUT2D eigenvalue weighted by atomic mass is 10.0. The first-order valence-corrected chi connectivity index (χ1v) is 9.55. The van der Waals surface area contributed by atoms with Crippen LogP contribution in [0.1, 0.15) is 32.4 Å². The van der Waals surface area contributed by atoms with Crippen molar-refractivity contribution >= 4 is 29.7 Å². The second kappa shape index (κ2) is 12.3. The van der Waals surface area contributed by atoms with Crippen LogP contribution in [-0.2, 0) is 30.4 Å². The standard InChI is InChI=1S/C18H28N6O7/c1-9(2)3-11(22-14(25)6-19)16(28)23-12(4-10-7-20-8-21-10)17(29)24-13(18(30)31)5-15(26)27/h7-9,11-13H,3-6,19H2,1-2H3,(H,20,21)(H,22,25)(H,23,28)(H,24,29)(H,26,27)(H,30,31). The molecule has 3 atom stereocenters. The monoisotopic (exact) mass is 440 g/mol. The zero-order valence-corrected chi connectivity index (χ0v) is 17.3. The van der Waals surface area contributed by atoms with E-state index in [4.69, 9.17) is 15.9 Å². The molecule has 13 nitrogen and oxygen atoms in total. The highest BCUT2D eigenvalue weighted by molar-refractivity contribution is 5.94. The number of nitrogens with two attached hydrogens (primary N) is 1. The van der Waals surface area contributed by atoms with E-state index in [0.717, 1.165) is 0 Å². The number of aliphatic carboxylic acids is 2. The fourth-order valence-corrected chi connectivity index (χ4v) is 2.70. The maximum atomic E-state index is 12.8. The first-order valence-electron chi connectivity index (χ1n) is 9.55. The fraction of sp³-hybridized carbons (Fsp3) is 0.556. The number of amides is 3. The van der Waals surface area contributed by atoms with Crippen LogP contribution < -0.4 is 21.7 Å². The number of H-pyrrole nitrogens is 1. The molecular weight excluding hydrogens is 412 g/mol. The van der Waals surface area contributed by atoms with Crippen LogP contribution in [-0.4, -0.2) is 74.5 Å². The Morgan fingerprint density at radius 1 is 1.03 bits per heavy atom. The molecule has 8 N–H and O–H groups in total. The van der Waals surface area contributed by atoms with Crippen LogP contribution in [0.25, 0.3) is 0 Å². The lowest BCUT2D eigenvalue weighted by Crippen LogP contribution is -2.57. The minimum Gasteiger partial charge on any atom is -0.481 e. The zero-order valence-electron chi connectivity index (χ0n) is 17.3. The summed E-state index contributed by atoms with van der Waals surface area (Å²) in [7, 11) is 0. The van der Waals surface area contributed by atoms with Gasteiger partial charge >= 0.3 is 11.9 Å². The molecule has 0 spiro atoms. The molecule has 31 heavy (non-hydrogen) atoms. The fourth-order valence-electron chi connectivity index (χ4n) is 2.70. The summed E-state index contributed by atoms with van der Waals surface area (Å²) < 4.78 is 0. The van der Waals surface area contributed by atoms with E-state index in [9.17, 15) is 24.0 Å². The molecule has 1 rings (SSSR count). The quantitative estimate of drug-likeness (QED) is 0.180. The largest absolute Gasteiger partial charge is 0.481 e. The van der Waals surface area contributed by atoms with Crippen molar-refractivity contribution in [3.05, 3.63) is 18.2 Å². The number of aromatic amines is 1. The van der Waals surface area contributed by atoms with Crippen molar-refractivity contribution in [3.63, 3.8) is 0 Å². The summed E-state index contributed by atoms with van der Waals surface area (Å²) in [6.45, 7) is 3.36. The molecule has 3 unspecified atom stereocenters. The van der Waals surface area contributed by atoms with E-state index in [1.165, 1.54) is 12.5 Å². The number of aromatic nitrogens is 2. The third kappa shape index (κ3) is 9.25. The lowest BCUT2D eigenvalue weighted by Gasteiger charge is -2.24. The summed E-state index contributed by atoms with van der Waals surface area (Å²) in [5, 5.41) is 25.1. The Kier molecular flexibility index (Phi) is 10.1. The van der Waals surface area contributed by atoms with Crippen molar-refractivity contribution in [3.8, 4) is 0 Å². The molecule has 13 heteroatoms. The molecule has 0 saturated carbocycles. The molecule has 1 heterocycles. The van der Waals surface area contributed by atoms with Crippen LogP contribution in [0.4, 0.5) is 0 Å². The topological polar surface area (TPSA) is 217 Å². The minimum atomic E-state index is -1.69. The highest BCUT2D eigenvalue weighted by Gasteiger charge is 2.31. The van der Waals surface area contributed by atoms with Crippen LogP contribution in [0.3, 0.4) is 0 Å². The molecular formula is C18H28N6O7. The van der Waals surface area contributed by atoms with Crippen LogP contribution in [0.5, 0.6) is 0 Å². The van der Waals surface area contributed by atoms with Gasteiger partial charge in [0.2, 0.25) is 17.7 Å². The zero-order chi connectivity index (χ0) is 23.6. The van der Waals surface area contributed by atoms with E-state index in [1.54, 1.807) is 0 Å². The Morgan fingerprint density at radius 3 is 2.13 bits per heavy atom. The Morgan fingerprint density at radius 2 is 1.65 bits per heavy atom. The van der Waals surface area contributed by atoms with Gasteiger partial charge in [0, 0.05) is 18.3 Å². The van der Waals surface area contributed by atoms with Gasteiger partial charge in [0.05, 0.1) is 19.3 Å². The summed E-state index contributed by atoms with van der Waals surface area (Å²) in [4.78, 5) is 65.9. The highest BCUT2D eigenvalue weighted by atomic mass is 16.4. The number of carbonyl (C=O) groups is 5. The number of nitrogens with one attached hydrogen (secondary N) is 4. The number of nitrogens with zero attached hydrogens (tertiary/aromatic N) is 1. The van der Waals surface area contributed by atoms with Crippen LogP contribution in [0.2, 0.25) is 0 Å². The van der Waals surface area contributed by atoms with Gasteiger partial charge in [0.25, 0.3) is 0 Å². The third-order valence-corrected chi connectivity index (χ3v) is 4.15. The number of rotatable bonds is 13. The second-order valence-electron chi connectivity index (χ2n) is 7.29. The van der Waals surface area contributed by atoms with E-state index in [-0.39, 0.29) is 25.3 Å². The van der Waals surface area contributed by atoms with Crippen LogP contribution in [0, 0.1) is 5.92 Å². The maximum absolute atomic E-state index is 12.8. The Bertz CT molecular complexity index is 780. The van der Waals surface area contributed by atoms with Crippen molar-refractivity contribution in [2.24, 2.45) is 11.7 Å². The van der Waals surface area contributed by atoms with E-state index in [0.29, 0.717) is 5.69 Å². The molecule has 172 valence electrons. The molecule has 3 amide bonds. The number of carboxylic acid groups (broad SMARTS) is 2. The van der Waals surface area contributed by atoms with Gasteiger partial charge < -0.3 is 36.9 Å². The average molecular weight is 440 g/mol. The van der Waals surface area contributed by atoms with Crippen molar-refractivity contribution in [2.45, 2.75) is 51.2 Å². The molecule has 0 saturated heterocycles. The SMILES string of the molecule is CC(C)CC(NC(=O)CN)C(=O)NC(Cc1cnc[nH]1)C(=O)NC(CC(=O)O)C(=O)O. The molecule has 0 aliphatic rings. The third-order valence-electron chi connectivity index (χ3n) is 4.15. The molecule has 1 aromatic rings. The number of hydrogen-bond acceptors (Lipinski definition) is 7.